The number of imidazole rings is 1. The normalized spacial score (nSPS) is 11.6. The highest BCUT2D eigenvalue weighted by molar-refractivity contribution is 5.83. The average Bonchev–Trinajstić information content (AvgIpc) is 2.76. The Bertz CT molecular complexity index is 519. The first-order valence-corrected chi connectivity index (χ1v) is 5.98. The van der Waals surface area contributed by atoms with Crippen molar-refractivity contribution in [1.82, 2.24) is 24.8 Å². The van der Waals surface area contributed by atoms with E-state index < -0.39 is 0 Å². The minimum absolute atomic E-state index is 0.231. The summed E-state index contributed by atoms with van der Waals surface area (Å²) in [6.45, 7) is 6.04. The van der Waals surface area contributed by atoms with Crippen molar-refractivity contribution in [3.05, 3.63) is 6.33 Å². The van der Waals surface area contributed by atoms with Crippen LogP contribution in [0.15, 0.2) is 6.33 Å². The molecule has 0 saturated carbocycles. The van der Waals surface area contributed by atoms with Gasteiger partial charge in [0.05, 0.1) is 6.33 Å². The highest BCUT2D eigenvalue weighted by Gasteiger charge is 2.08. The number of aromatic nitrogens is 4. The lowest BCUT2D eigenvalue weighted by atomic mass is 10.3. The molecule has 2 aromatic heterocycles. The topological polar surface area (TPSA) is 95.8 Å². The molecule has 0 atom stereocenters. The molecule has 0 fully saturated rings. The van der Waals surface area contributed by atoms with Crippen molar-refractivity contribution < 1.29 is 0 Å². The summed E-state index contributed by atoms with van der Waals surface area (Å²) in [6.07, 6.45) is 1.59. The molecule has 2 aromatic rings. The Labute approximate surface area is 106 Å². The van der Waals surface area contributed by atoms with Crippen molar-refractivity contribution in [2.45, 2.75) is 19.9 Å². The van der Waals surface area contributed by atoms with Crippen molar-refractivity contribution in [2.75, 3.05) is 31.2 Å². The summed E-state index contributed by atoms with van der Waals surface area (Å²) in [5.74, 6) is 0.932. The predicted octanol–water partition coefficient (Wildman–Crippen LogP) is 0.687. The standard InChI is InChI=1S/C11H19N7/c1-7(2)18(3)5-4-13-9-8-10(15-6-14-8)17-11(12)16-9/h6-7H,4-5H2,1-3H3,(H4,12,13,14,15,16,17). The summed E-state index contributed by atoms with van der Waals surface area (Å²) in [4.78, 5) is 17.6. The van der Waals surface area contributed by atoms with Crippen LogP contribution in [0.3, 0.4) is 0 Å². The Kier molecular flexibility index (Phi) is 3.61. The van der Waals surface area contributed by atoms with E-state index >= 15 is 0 Å². The van der Waals surface area contributed by atoms with Crippen LogP contribution in [0.1, 0.15) is 13.8 Å². The quantitative estimate of drug-likeness (QED) is 0.721. The second kappa shape index (κ2) is 5.18. The number of fused-ring (bicyclic) bond motifs is 1. The Balaban J connectivity index is 2.05. The fourth-order valence-electron chi connectivity index (χ4n) is 1.59. The van der Waals surface area contributed by atoms with Crippen LogP contribution in [-0.2, 0) is 0 Å². The highest BCUT2D eigenvalue weighted by Crippen LogP contribution is 2.16. The molecule has 0 amide bonds. The number of aromatic amines is 1. The number of anilines is 2. The van der Waals surface area contributed by atoms with Crippen LogP contribution < -0.4 is 11.1 Å². The number of hydrogen-bond acceptors (Lipinski definition) is 6. The van der Waals surface area contributed by atoms with Gasteiger partial charge in [-0.3, -0.25) is 0 Å². The third-order valence-electron chi connectivity index (χ3n) is 2.94. The van der Waals surface area contributed by atoms with Gasteiger partial charge in [0.1, 0.15) is 5.52 Å². The second-order valence-electron chi connectivity index (χ2n) is 4.53. The maximum Gasteiger partial charge on any atom is 0.224 e. The summed E-state index contributed by atoms with van der Waals surface area (Å²) in [5, 5.41) is 3.26. The van der Waals surface area contributed by atoms with Crippen molar-refractivity contribution in [1.29, 1.82) is 0 Å². The Morgan fingerprint density at radius 1 is 1.44 bits per heavy atom. The maximum atomic E-state index is 5.64. The van der Waals surface area contributed by atoms with Crippen molar-refractivity contribution in [2.24, 2.45) is 0 Å². The average molecular weight is 249 g/mol. The van der Waals surface area contributed by atoms with Crippen molar-refractivity contribution in [3.8, 4) is 0 Å². The SMILES string of the molecule is CC(C)N(C)CCNc1nc(N)nc2nc[nH]c12. The van der Waals surface area contributed by atoms with Gasteiger partial charge in [-0.15, -0.1) is 0 Å². The van der Waals surface area contributed by atoms with Gasteiger partial charge in [-0.1, -0.05) is 0 Å². The van der Waals surface area contributed by atoms with E-state index in [9.17, 15) is 0 Å². The third kappa shape index (κ3) is 2.67. The first-order valence-electron chi connectivity index (χ1n) is 5.98. The van der Waals surface area contributed by atoms with Gasteiger partial charge in [-0.05, 0) is 20.9 Å². The van der Waals surface area contributed by atoms with E-state index in [0.717, 1.165) is 18.6 Å². The lowest BCUT2D eigenvalue weighted by molar-refractivity contribution is 0.284. The van der Waals surface area contributed by atoms with E-state index in [0.29, 0.717) is 17.5 Å². The highest BCUT2D eigenvalue weighted by atomic mass is 15.2. The van der Waals surface area contributed by atoms with Gasteiger partial charge in [0, 0.05) is 19.1 Å². The summed E-state index contributed by atoms with van der Waals surface area (Å²) >= 11 is 0. The first kappa shape index (κ1) is 12.6. The molecule has 7 nitrogen and oxygen atoms in total. The number of rotatable bonds is 5. The monoisotopic (exact) mass is 249 g/mol. The summed E-state index contributed by atoms with van der Waals surface area (Å²) in [5.41, 5.74) is 7.01. The van der Waals surface area contributed by atoms with Gasteiger partial charge in [-0.2, -0.15) is 9.97 Å². The molecule has 0 radical (unpaired) electrons. The van der Waals surface area contributed by atoms with Gasteiger partial charge in [0.2, 0.25) is 5.95 Å². The molecule has 0 aliphatic carbocycles. The molecule has 2 rings (SSSR count). The van der Waals surface area contributed by atoms with Crippen molar-refractivity contribution >= 4 is 22.9 Å². The summed E-state index contributed by atoms with van der Waals surface area (Å²) in [7, 11) is 2.09. The van der Waals surface area contributed by atoms with Crippen LogP contribution in [0.5, 0.6) is 0 Å². The molecule has 0 aliphatic heterocycles. The van der Waals surface area contributed by atoms with Gasteiger partial charge in [-0.25, -0.2) is 4.98 Å². The maximum absolute atomic E-state index is 5.64. The van der Waals surface area contributed by atoms with Crippen LogP contribution in [-0.4, -0.2) is 51.0 Å². The Hall–Kier alpha value is -1.89. The number of hydrogen-bond donors (Lipinski definition) is 3. The van der Waals surface area contributed by atoms with Gasteiger partial charge < -0.3 is 20.9 Å². The lowest BCUT2D eigenvalue weighted by Gasteiger charge is -2.21. The number of nitrogen functional groups attached to an aromatic ring is 1. The summed E-state index contributed by atoms with van der Waals surface area (Å²) < 4.78 is 0. The smallest absolute Gasteiger partial charge is 0.224 e. The van der Waals surface area contributed by atoms with E-state index in [1.807, 2.05) is 0 Å². The van der Waals surface area contributed by atoms with Crippen LogP contribution >= 0.6 is 0 Å². The molecule has 7 heteroatoms. The fraction of sp³-hybridized carbons (Fsp3) is 0.545. The second-order valence-corrected chi connectivity index (χ2v) is 4.53. The van der Waals surface area contributed by atoms with E-state index in [4.69, 9.17) is 5.73 Å². The largest absolute Gasteiger partial charge is 0.368 e. The van der Waals surface area contributed by atoms with Gasteiger partial charge in [0.15, 0.2) is 11.5 Å². The molecule has 0 aliphatic rings. The molecule has 18 heavy (non-hydrogen) atoms. The van der Waals surface area contributed by atoms with Crippen LogP contribution in [0.25, 0.3) is 11.2 Å². The van der Waals surface area contributed by atoms with Gasteiger partial charge >= 0.3 is 0 Å². The van der Waals surface area contributed by atoms with E-state index in [1.165, 1.54) is 0 Å². The molecular formula is C11H19N7. The molecule has 4 N–H and O–H groups in total. The zero-order chi connectivity index (χ0) is 13.1. The minimum atomic E-state index is 0.231. The Morgan fingerprint density at radius 3 is 2.94 bits per heavy atom. The number of nitrogens with zero attached hydrogens (tertiary/aromatic N) is 4. The lowest BCUT2D eigenvalue weighted by Crippen LogP contribution is -2.31. The predicted molar refractivity (Wildman–Crippen MR) is 72.4 cm³/mol. The van der Waals surface area contributed by atoms with Crippen LogP contribution in [0.4, 0.5) is 11.8 Å². The molecule has 0 spiro atoms. The fourth-order valence-corrected chi connectivity index (χ4v) is 1.59. The third-order valence-corrected chi connectivity index (χ3v) is 2.94. The van der Waals surface area contributed by atoms with E-state index in [1.54, 1.807) is 6.33 Å². The van der Waals surface area contributed by atoms with Crippen molar-refractivity contribution in [3.63, 3.8) is 0 Å². The number of nitrogens with one attached hydrogen (secondary N) is 2. The molecule has 0 bridgehead atoms. The molecule has 2 heterocycles. The molecule has 0 unspecified atom stereocenters. The number of H-pyrrole nitrogens is 1. The minimum Gasteiger partial charge on any atom is -0.368 e. The number of likely N-dealkylation sites (N-methyl/N-ethyl adjacent to an activating group) is 1. The zero-order valence-corrected chi connectivity index (χ0v) is 10.9. The Morgan fingerprint density at radius 2 is 2.22 bits per heavy atom. The number of nitrogens with two attached hydrogens (primary N) is 1. The first-order chi connectivity index (χ1) is 8.58. The molecular weight excluding hydrogens is 230 g/mol. The molecule has 0 aromatic carbocycles. The molecule has 0 saturated heterocycles. The van der Waals surface area contributed by atoms with Crippen LogP contribution in [0.2, 0.25) is 0 Å². The molecule has 98 valence electrons. The summed E-state index contributed by atoms with van der Waals surface area (Å²) in [6, 6.07) is 0.523. The van der Waals surface area contributed by atoms with Gasteiger partial charge in [0.25, 0.3) is 0 Å². The van der Waals surface area contributed by atoms with E-state index in [2.05, 4.69) is 51.0 Å². The van der Waals surface area contributed by atoms with Crippen LogP contribution in [0, 0.1) is 0 Å². The van der Waals surface area contributed by atoms with E-state index in [-0.39, 0.29) is 5.95 Å². The zero-order valence-electron chi connectivity index (χ0n) is 10.9.